The Morgan fingerprint density at radius 2 is 2.07 bits per heavy atom. The number of nitrogens with two attached hydrogens (primary N) is 1. The monoisotopic (exact) mass is 423 g/mol. The molecule has 1 amide bonds. The van der Waals surface area contributed by atoms with Crippen LogP contribution >= 0.6 is 11.6 Å². The summed E-state index contributed by atoms with van der Waals surface area (Å²) in [7, 11) is 1.95. The van der Waals surface area contributed by atoms with E-state index in [9.17, 15) is 4.79 Å². The minimum Gasteiger partial charge on any atom is -0.328 e. The van der Waals surface area contributed by atoms with Crippen LogP contribution in [0.4, 0.5) is 5.69 Å². The molecule has 1 spiro atoms. The van der Waals surface area contributed by atoms with E-state index < -0.39 is 5.41 Å². The van der Waals surface area contributed by atoms with Crippen molar-refractivity contribution in [1.82, 2.24) is 14.9 Å². The fourth-order valence-corrected chi connectivity index (χ4v) is 5.23. The van der Waals surface area contributed by atoms with Crippen molar-refractivity contribution >= 4 is 34.2 Å². The number of fused-ring (bicyclic) bond motifs is 3. The van der Waals surface area contributed by atoms with E-state index in [0.717, 1.165) is 47.6 Å². The van der Waals surface area contributed by atoms with Gasteiger partial charge in [-0.2, -0.15) is 0 Å². The number of nitrogens with zero attached hydrogens (tertiary/aromatic N) is 3. The summed E-state index contributed by atoms with van der Waals surface area (Å²) in [4.78, 5) is 20.3. The zero-order chi connectivity index (χ0) is 20.9. The van der Waals surface area contributed by atoms with Crippen LogP contribution in [-0.2, 0) is 23.3 Å². The maximum absolute atomic E-state index is 13.6. The Kier molecular flexibility index (Phi) is 4.81. The molecule has 1 aliphatic heterocycles. The Labute approximate surface area is 181 Å². The molecule has 3 aromatic rings. The van der Waals surface area contributed by atoms with E-state index in [4.69, 9.17) is 22.3 Å². The van der Waals surface area contributed by atoms with Gasteiger partial charge in [0.2, 0.25) is 5.91 Å². The van der Waals surface area contributed by atoms with Gasteiger partial charge in [0.05, 0.1) is 23.0 Å². The molecule has 2 heterocycles. The smallest absolute Gasteiger partial charge is 0.238 e. The van der Waals surface area contributed by atoms with Gasteiger partial charge in [-0.15, -0.1) is 0 Å². The van der Waals surface area contributed by atoms with E-state index in [1.165, 1.54) is 0 Å². The zero-order valence-electron chi connectivity index (χ0n) is 17.1. The van der Waals surface area contributed by atoms with Crippen molar-refractivity contribution in [3.8, 4) is 0 Å². The first-order valence-corrected chi connectivity index (χ1v) is 10.9. The molecular weight excluding hydrogens is 398 g/mol. The molecule has 2 aliphatic rings. The number of aryl methyl sites for hydroxylation is 1. The van der Waals surface area contributed by atoms with Crippen molar-refractivity contribution in [2.24, 2.45) is 5.73 Å². The number of para-hydroxylation sites is 1. The van der Waals surface area contributed by atoms with Gasteiger partial charge in [0.1, 0.15) is 5.82 Å². The van der Waals surface area contributed by atoms with E-state index in [0.29, 0.717) is 24.4 Å². The maximum atomic E-state index is 13.6. The number of benzene rings is 2. The molecule has 5 rings (SSSR count). The molecule has 1 aromatic heterocycles. The van der Waals surface area contributed by atoms with Gasteiger partial charge in [0.15, 0.2) is 0 Å². The van der Waals surface area contributed by atoms with Crippen LogP contribution in [0.2, 0.25) is 5.02 Å². The van der Waals surface area contributed by atoms with E-state index in [2.05, 4.69) is 16.0 Å². The first kappa shape index (κ1) is 19.5. The van der Waals surface area contributed by atoms with Crippen molar-refractivity contribution < 1.29 is 4.79 Å². The first-order chi connectivity index (χ1) is 14.5. The molecule has 0 unspecified atom stereocenters. The number of amides is 1. The van der Waals surface area contributed by atoms with Crippen LogP contribution in [-0.4, -0.2) is 35.1 Å². The molecule has 156 valence electrons. The van der Waals surface area contributed by atoms with Gasteiger partial charge in [-0.25, -0.2) is 4.98 Å². The minimum atomic E-state index is -0.456. The summed E-state index contributed by atoms with van der Waals surface area (Å²) in [5, 5.41) is 3.86. The minimum absolute atomic E-state index is 0.0928. The van der Waals surface area contributed by atoms with Gasteiger partial charge in [-0.05, 0) is 62.7 Å². The molecule has 0 saturated heterocycles. The van der Waals surface area contributed by atoms with E-state index in [1.807, 2.05) is 48.3 Å². The largest absolute Gasteiger partial charge is 0.328 e. The fraction of sp³-hybridized carbons (Fsp3) is 0.391. The number of imidazole rings is 1. The Hall–Kier alpha value is -2.41. The average molecular weight is 424 g/mol. The van der Waals surface area contributed by atoms with Crippen LogP contribution in [0.15, 0.2) is 42.5 Å². The Bertz CT molecular complexity index is 1120. The lowest BCUT2D eigenvalue weighted by Crippen LogP contribution is -2.54. The molecule has 0 atom stereocenters. The standard InChI is InChI=1S/C23H26ClN5O/c1-26-9-4-10-28-20-8-7-15(24)11-18(20)27-21(28)14-29-19-6-3-2-5-17(19)23(22(29)30)12-16(25)13-23/h2-3,5-8,11,16,26H,4,9-10,12-14,25H2,1H3/t16-,23-. The summed E-state index contributed by atoms with van der Waals surface area (Å²) in [5.41, 5.74) is 9.65. The van der Waals surface area contributed by atoms with Gasteiger partial charge in [0, 0.05) is 23.3 Å². The summed E-state index contributed by atoms with van der Waals surface area (Å²) < 4.78 is 2.22. The predicted molar refractivity (Wildman–Crippen MR) is 120 cm³/mol. The number of carbonyl (C=O) groups excluding carboxylic acids is 1. The van der Waals surface area contributed by atoms with Gasteiger partial charge < -0.3 is 20.5 Å². The molecule has 30 heavy (non-hydrogen) atoms. The van der Waals surface area contributed by atoms with Crippen molar-refractivity contribution in [3.05, 3.63) is 58.9 Å². The second-order valence-corrected chi connectivity index (χ2v) is 8.87. The van der Waals surface area contributed by atoms with Crippen molar-refractivity contribution in [3.63, 3.8) is 0 Å². The number of rotatable bonds is 6. The van der Waals surface area contributed by atoms with Crippen LogP contribution in [0.1, 0.15) is 30.7 Å². The van der Waals surface area contributed by atoms with E-state index in [-0.39, 0.29) is 11.9 Å². The number of nitrogens with one attached hydrogen (secondary N) is 1. The summed E-state index contributed by atoms with van der Waals surface area (Å²) in [6.07, 6.45) is 2.40. The highest BCUT2D eigenvalue weighted by molar-refractivity contribution is 6.31. The molecule has 1 saturated carbocycles. The quantitative estimate of drug-likeness (QED) is 0.597. The predicted octanol–water partition coefficient (Wildman–Crippen LogP) is 3.20. The third-order valence-electron chi connectivity index (χ3n) is 6.48. The van der Waals surface area contributed by atoms with Crippen LogP contribution in [0.25, 0.3) is 11.0 Å². The summed E-state index contributed by atoms with van der Waals surface area (Å²) in [6.45, 7) is 2.19. The average Bonchev–Trinajstić information content (AvgIpc) is 3.16. The lowest BCUT2D eigenvalue weighted by atomic mass is 9.62. The van der Waals surface area contributed by atoms with Gasteiger partial charge >= 0.3 is 0 Å². The number of anilines is 1. The summed E-state index contributed by atoms with van der Waals surface area (Å²) in [5.74, 6) is 1.03. The van der Waals surface area contributed by atoms with Gasteiger partial charge in [0.25, 0.3) is 0 Å². The Morgan fingerprint density at radius 1 is 1.27 bits per heavy atom. The number of carbonyl (C=O) groups is 1. The van der Waals surface area contributed by atoms with Crippen molar-refractivity contribution in [2.45, 2.75) is 43.8 Å². The summed E-state index contributed by atoms with van der Waals surface area (Å²) in [6, 6.07) is 14.0. The third kappa shape index (κ3) is 2.94. The summed E-state index contributed by atoms with van der Waals surface area (Å²) >= 11 is 6.21. The molecule has 1 fully saturated rings. The maximum Gasteiger partial charge on any atom is 0.238 e. The lowest BCUT2D eigenvalue weighted by molar-refractivity contribution is -0.126. The molecule has 0 bridgehead atoms. The van der Waals surface area contributed by atoms with E-state index in [1.54, 1.807) is 0 Å². The number of hydrogen-bond donors (Lipinski definition) is 2. The Morgan fingerprint density at radius 3 is 2.83 bits per heavy atom. The fourth-order valence-electron chi connectivity index (χ4n) is 5.06. The SMILES string of the molecule is CNCCCn1c(CN2c3ccccc3[C@]3(C[C@@H](N)C3)C2=O)nc2cc(Cl)ccc21. The molecule has 7 heteroatoms. The van der Waals surface area contributed by atoms with Crippen LogP contribution in [0.3, 0.4) is 0 Å². The Balaban J connectivity index is 1.54. The molecule has 3 N–H and O–H groups in total. The molecule has 0 radical (unpaired) electrons. The second kappa shape index (κ2) is 7.38. The van der Waals surface area contributed by atoms with Crippen molar-refractivity contribution in [2.75, 3.05) is 18.5 Å². The van der Waals surface area contributed by atoms with E-state index >= 15 is 0 Å². The second-order valence-electron chi connectivity index (χ2n) is 8.43. The van der Waals surface area contributed by atoms with Crippen LogP contribution in [0, 0.1) is 0 Å². The third-order valence-corrected chi connectivity index (χ3v) is 6.72. The number of hydrogen-bond acceptors (Lipinski definition) is 4. The number of aromatic nitrogens is 2. The topological polar surface area (TPSA) is 76.2 Å². The molecule has 1 aliphatic carbocycles. The van der Waals surface area contributed by atoms with Crippen LogP contribution < -0.4 is 16.0 Å². The zero-order valence-corrected chi connectivity index (χ0v) is 17.8. The highest BCUT2D eigenvalue weighted by Gasteiger charge is 2.57. The van der Waals surface area contributed by atoms with Gasteiger partial charge in [-0.1, -0.05) is 29.8 Å². The molecular formula is C23H26ClN5O. The van der Waals surface area contributed by atoms with Gasteiger partial charge in [-0.3, -0.25) is 4.79 Å². The first-order valence-electron chi connectivity index (χ1n) is 10.5. The van der Waals surface area contributed by atoms with Crippen molar-refractivity contribution in [1.29, 1.82) is 0 Å². The molecule has 6 nitrogen and oxygen atoms in total. The highest BCUT2D eigenvalue weighted by Crippen LogP contribution is 2.53. The lowest BCUT2D eigenvalue weighted by Gasteiger charge is -2.42. The normalized spacial score (nSPS) is 22.7. The van der Waals surface area contributed by atoms with Crippen LogP contribution in [0.5, 0.6) is 0 Å². The number of halogens is 1. The molecule has 2 aromatic carbocycles. The highest BCUT2D eigenvalue weighted by atomic mass is 35.5.